The van der Waals surface area contributed by atoms with E-state index in [1.54, 1.807) is 0 Å². The van der Waals surface area contributed by atoms with E-state index in [-0.39, 0.29) is 6.04 Å². The molecule has 0 bridgehead atoms. The van der Waals surface area contributed by atoms with Crippen LogP contribution in [0.4, 0.5) is 5.69 Å². The van der Waals surface area contributed by atoms with E-state index in [0.29, 0.717) is 0 Å². The second-order valence-electron chi connectivity index (χ2n) is 3.95. The predicted octanol–water partition coefficient (Wildman–Crippen LogP) is 1.60. The molecule has 1 atom stereocenters. The third kappa shape index (κ3) is 1.54. The zero-order chi connectivity index (χ0) is 9.42. The monoisotopic (exact) mass is 176 g/mol. The Kier molecular flexibility index (Phi) is 2.00. The Morgan fingerprint density at radius 1 is 1.38 bits per heavy atom. The minimum Gasteiger partial charge on any atom is -0.383 e. The second kappa shape index (κ2) is 3.04. The highest BCUT2D eigenvalue weighted by molar-refractivity contribution is 5.58. The van der Waals surface area contributed by atoms with Crippen molar-refractivity contribution in [2.45, 2.75) is 26.3 Å². The molecule has 0 amide bonds. The number of nitrogens with two attached hydrogens (primary N) is 1. The van der Waals surface area contributed by atoms with Gasteiger partial charge in [-0.05, 0) is 43.0 Å². The first-order valence-corrected chi connectivity index (χ1v) is 4.76. The number of nitrogens with one attached hydrogen (secondary N) is 1. The quantitative estimate of drug-likeness (QED) is 0.630. The summed E-state index contributed by atoms with van der Waals surface area (Å²) in [6, 6.07) is 4.70. The molecule has 0 saturated heterocycles. The summed E-state index contributed by atoms with van der Waals surface area (Å²) in [5.74, 6) is 0. The summed E-state index contributed by atoms with van der Waals surface area (Å²) in [6.45, 7) is 5.19. The normalized spacial score (nSPS) is 20.7. The van der Waals surface area contributed by atoms with E-state index in [2.05, 4.69) is 31.3 Å². The molecule has 1 aliphatic rings. The number of hydrogen-bond donors (Lipinski definition) is 2. The molecule has 0 aromatic heterocycles. The standard InChI is InChI=1S/C11H16N2/c1-7-3-8(2)10-5-9(12)6-13-11(10)4-7/h3-4,9,13H,5-6,12H2,1-2H3. The Morgan fingerprint density at radius 3 is 2.92 bits per heavy atom. The van der Waals surface area contributed by atoms with Crippen molar-refractivity contribution < 1.29 is 0 Å². The average molecular weight is 176 g/mol. The highest BCUT2D eigenvalue weighted by atomic mass is 14.9. The Balaban J connectivity index is 2.47. The number of aryl methyl sites for hydroxylation is 2. The molecule has 2 rings (SSSR count). The molecule has 1 aromatic carbocycles. The van der Waals surface area contributed by atoms with Gasteiger partial charge in [-0.2, -0.15) is 0 Å². The van der Waals surface area contributed by atoms with Crippen LogP contribution < -0.4 is 11.1 Å². The van der Waals surface area contributed by atoms with Crippen LogP contribution in [-0.2, 0) is 6.42 Å². The summed E-state index contributed by atoms with van der Waals surface area (Å²) >= 11 is 0. The van der Waals surface area contributed by atoms with E-state index in [1.165, 1.54) is 22.4 Å². The molecule has 1 unspecified atom stereocenters. The number of rotatable bonds is 0. The van der Waals surface area contributed by atoms with Gasteiger partial charge in [0.25, 0.3) is 0 Å². The third-order valence-electron chi connectivity index (χ3n) is 2.64. The lowest BCUT2D eigenvalue weighted by atomic mass is 9.94. The van der Waals surface area contributed by atoms with Gasteiger partial charge in [-0.15, -0.1) is 0 Å². The Morgan fingerprint density at radius 2 is 2.15 bits per heavy atom. The van der Waals surface area contributed by atoms with Crippen molar-refractivity contribution in [3.8, 4) is 0 Å². The van der Waals surface area contributed by atoms with E-state index in [9.17, 15) is 0 Å². The molecule has 0 spiro atoms. The zero-order valence-electron chi connectivity index (χ0n) is 8.22. The van der Waals surface area contributed by atoms with Crippen molar-refractivity contribution in [3.05, 3.63) is 28.8 Å². The van der Waals surface area contributed by atoms with Gasteiger partial charge in [-0.1, -0.05) is 6.07 Å². The predicted molar refractivity (Wildman–Crippen MR) is 56.1 cm³/mol. The van der Waals surface area contributed by atoms with E-state index >= 15 is 0 Å². The zero-order valence-corrected chi connectivity index (χ0v) is 8.22. The van der Waals surface area contributed by atoms with Gasteiger partial charge in [-0.3, -0.25) is 0 Å². The van der Waals surface area contributed by atoms with Crippen LogP contribution in [0.3, 0.4) is 0 Å². The first-order valence-electron chi connectivity index (χ1n) is 4.76. The lowest BCUT2D eigenvalue weighted by molar-refractivity contribution is 0.676. The van der Waals surface area contributed by atoms with Crippen LogP contribution in [0.15, 0.2) is 12.1 Å². The largest absolute Gasteiger partial charge is 0.383 e. The van der Waals surface area contributed by atoms with Gasteiger partial charge < -0.3 is 11.1 Å². The Labute approximate surface area is 79.1 Å². The molecule has 1 heterocycles. The maximum Gasteiger partial charge on any atom is 0.0379 e. The van der Waals surface area contributed by atoms with Crippen LogP contribution in [0.25, 0.3) is 0 Å². The summed E-state index contributed by atoms with van der Waals surface area (Å²) < 4.78 is 0. The number of hydrogen-bond acceptors (Lipinski definition) is 2. The van der Waals surface area contributed by atoms with E-state index in [0.717, 1.165) is 13.0 Å². The second-order valence-corrected chi connectivity index (χ2v) is 3.95. The highest BCUT2D eigenvalue weighted by Gasteiger charge is 2.16. The lowest BCUT2D eigenvalue weighted by Gasteiger charge is -2.25. The van der Waals surface area contributed by atoms with Crippen molar-refractivity contribution in [3.63, 3.8) is 0 Å². The summed E-state index contributed by atoms with van der Waals surface area (Å²) in [7, 11) is 0. The molecule has 2 nitrogen and oxygen atoms in total. The van der Waals surface area contributed by atoms with Gasteiger partial charge >= 0.3 is 0 Å². The maximum absolute atomic E-state index is 5.89. The lowest BCUT2D eigenvalue weighted by Crippen LogP contribution is -2.35. The third-order valence-corrected chi connectivity index (χ3v) is 2.64. The van der Waals surface area contributed by atoms with Crippen LogP contribution in [0.5, 0.6) is 0 Å². The molecule has 0 radical (unpaired) electrons. The number of anilines is 1. The minimum atomic E-state index is 0.272. The molecule has 1 aromatic rings. The molecule has 0 saturated carbocycles. The Bertz CT molecular complexity index is 331. The summed E-state index contributed by atoms with van der Waals surface area (Å²) in [5, 5.41) is 3.37. The van der Waals surface area contributed by atoms with Crippen LogP contribution in [-0.4, -0.2) is 12.6 Å². The van der Waals surface area contributed by atoms with Crippen molar-refractivity contribution in [2.75, 3.05) is 11.9 Å². The van der Waals surface area contributed by atoms with Crippen LogP contribution in [0, 0.1) is 13.8 Å². The van der Waals surface area contributed by atoms with Gasteiger partial charge in [0.2, 0.25) is 0 Å². The van der Waals surface area contributed by atoms with Crippen LogP contribution >= 0.6 is 0 Å². The fourth-order valence-electron chi connectivity index (χ4n) is 2.00. The molecule has 3 N–H and O–H groups in total. The molecule has 2 heteroatoms. The summed E-state index contributed by atoms with van der Waals surface area (Å²) in [5.41, 5.74) is 11.2. The molecular formula is C11H16N2. The first kappa shape index (κ1) is 8.57. The molecule has 1 aliphatic heterocycles. The fourth-order valence-corrected chi connectivity index (χ4v) is 2.00. The van der Waals surface area contributed by atoms with Gasteiger partial charge in [0.1, 0.15) is 0 Å². The first-order chi connectivity index (χ1) is 6.16. The smallest absolute Gasteiger partial charge is 0.0379 e. The number of benzene rings is 1. The fraction of sp³-hybridized carbons (Fsp3) is 0.455. The number of fused-ring (bicyclic) bond motifs is 1. The van der Waals surface area contributed by atoms with Crippen molar-refractivity contribution in [1.82, 2.24) is 0 Å². The topological polar surface area (TPSA) is 38.0 Å². The van der Waals surface area contributed by atoms with Gasteiger partial charge in [0, 0.05) is 18.3 Å². The molecular weight excluding hydrogens is 160 g/mol. The van der Waals surface area contributed by atoms with Gasteiger partial charge in [0.05, 0.1) is 0 Å². The molecule has 13 heavy (non-hydrogen) atoms. The van der Waals surface area contributed by atoms with E-state index in [4.69, 9.17) is 5.73 Å². The highest BCUT2D eigenvalue weighted by Crippen LogP contribution is 2.26. The Hall–Kier alpha value is -1.02. The van der Waals surface area contributed by atoms with Crippen molar-refractivity contribution in [2.24, 2.45) is 5.73 Å². The van der Waals surface area contributed by atoms with Crippen molar-refractivity contribution in [1.29, 1.82) is 0 Å². The molecule has 0 fully saturated rings. The van der Waals surface area contributed by atoms with Gasteiger partial charge in [0.15, 0.2) is 0 Å². The summed E-state index contributed by atoms with van der Waals surface area (Å²) in [4.78, 5) is 0. The van der Waals surface area contributed by atoms with E-state index < -0.39 is 0 Å². The average Bonchev–Trinajstić information content (AvgIpc) is 2.06. The van der Waals surface area contributed by atoms with Crippen LogP contribution in [0.1, 0.15) is 16.7 Å². The summed E-state index contributed by atoms with van der Waals surface area (Å²) in [6.07, 6.45) is 1.01. The molecule has 0 aliphatic carbocycles. The van der Waals surface area contributed by atoms with Crippen molar-refractivity contribution >= 4 is 5.69 Å². The van der Waals surface area contributed by atoms with Gasteiger partial charge in [-0.25, -0.2) is 0 Å². The maximum atomic E-state index is 5.89. The molecule has 70 valence electrons. The van der Waals surface area contributed by atoms with E-state index in [1.807, 2.05) is 0 Å². The minimum absolute atomic E-state index is 0.272. The SMILES string of the molecule is Cc1cc(C)c2c(c1)NCC(N)C2. The van der Waals surface area contributed by atoms with Crippen LogP contribution in [0.2, 0.25) is 0 Å².